The van der Waals surface area contributed by atoms with Gasteiger partial charge in [0.15, 0.2) is 0 Å². The predicted octanol–water partition coefficient (Wildman–Crippen LogP) is 2.56. The minimum atomic E-state index is 0.318. The Hall–Kier alpha value is -0.340. The van der Waals surface area contributed by atoms with Crippen molar-refractivity contribution in [2.45, 2.75) is 38.8 Å². The summed E-state index contributed by atoms with van der Waals surface area (Å²) in [4.78, 5) is 1.58. The summed E-state index contributed by atoms with van der Waals surface area (Å²) in [6, 6.07) is 2.24. The van der Waals surface area contributed by atoms with Crippen molar-refractivity contribution in [2.24, 2.45) is 0 Å². The van der Waals surface area contributed by atoms with E-state index in [-0.39, 0.29) is 0 Å². The number of hydrogen-bond acceptors (Lipinski definition) is 2. The van der Waals surface area contributed by atoms with Gasteiger partial charge in [0.25, 0.3) is 0 Å². The van der Waals surface area contributed by atoms with Gasteiger partial charge in [0.05, 0.1) is 0 Å². The maximum atomic E-state index is 3.57. The lowest BCUT2D eigenvalue weighted by molar-refractivity contribution is 0.372. The Labute approximate surface area is 77.8 Å². The van der Waals surface area contributed by atoms with Crippen molar-refractivity contribution in [1.29, 1.82) is 0 Å². The molecule has 66 valence electrons. The van der Waals surface area contributed by atoms with E-state index in [0.29, 0.717) is 5.54 Å². The average Bonchev–Trinajstić information content (AvgIpc) is 2.40. The fraction of sp³-hybridized carbons (Fsp3) is 0.600. The molecule has 0 atom stereocenters. The number of rotatable bonds is 0. The minimum absolute atomic E-state index is 0.318. The van der Waals surface area contributed by atoms with E-state index in [9.17, 15) is 0 Å². The molecule has 0 saturated carbocycles. The first-order valence-corrected chi connectivity index (χ1v) is 5.36. The molecule has 0 aliphatic carbocycles. The third kappa shape index (κ3) is 1.54. The Morgan fingerprint density at radius 2 is 2.33 bits per heavy atom. The summed E-state index contributed by atoms with van der Waals surface area (Å²) in [6.07, 6.45) is 2.49. The molecule has 0 bridgehead atoms. The van der Waals surface area contributed by atoms with E-state index in [4.69, 9.17) is 0 Å². The van der Waals surface area contributed by atoms with Crippen LogP contribution in [0.1, 0.15) is 30.7 Å². The van der Waals surface area contributed by atoms with Crippen LogP contribution in [-0.2, 0) is 13.0 Å². The molecular formula is C10H15NS. The fourth-order valence-corrected chi connectivity index (χ4v) is 2.50. The molecule has 2 heterocycles. The van der Waals surface area contributed by atoms with E-state index >= 15 is 0 Å². The molecule has 1 nitrogen and oxygen atoms in total. The monoisotopic (exact) mass is 181 g/mol. The molecule has 12 heavy (non-hydrogen) atoms. The lowest BCUT2D eigenvalue weighted by Crippen LogP contribution is -2.37. The van der Waals surface area contributed by atoms with Gasteiger partial charge in [-0.3, -0.25) is 0 Å². The van der Waals surface area contributed by atoms with E-state index in [1.807, 2.05) is 11.3 Å². The van der Waals surface area contributed by atoms with Crippen molar-refractivity contribution in [2.75, 3.05) is 0 Å². The van der Waals surface area contributed by atoms with Crippen LogP contribution in [0.5, 0.6) is 0 Å². The Morgan fingerprint density at radius 3 is 3.17 bits per heavy atom. The molecule has 0 fully saturated rings. The highest BCUT2D eigenvalue weighted by Gasteiger charge is 2.21. The van der Waals surface area contributed by atoms with Gasteiger partial charge >= 0.3 is 0 Å². The summed E-state index contributed by atoms with van der Waals surface area (Å²) in [5, 5.41) is 5.77. The topological polar surface area (TPSA) is 12.0 Å². The van der Waals surface area contributed by atoms with Crippen molar-refractivity contribution < 1.29 is 0 Å². The standard InChI is InChI=1S/C10H15NS/c1-10(2)5-3-9-8(7-11-10)4-6-12-9/h4,6,11H,3,5,7H2,1-2H3. The van der Waals surface area contributed by atoms with E-state index in [0.717, 1.165) is 6.54 Å². The summed E-state index contributed by atoms with van der Waals surface area (Å²) in [6.45, 7) is 5.61. The molecule has 1 aromatic heterocycles. The van der Waals surface area contributed by atoms with Gasteiger partial charge < -0.3 is 5.32 Å². The van der Waals surface area contributed by atoms with Crippen molar-refractivity contribution in [3.63, 3.8) is 0 Å². The highest BCUT2D eigenvalue weighted by atomic mass is 32.1. The number of fused-ring (bicyclic) bond motifs is 1. The molecular weight excluding hydrogens is 166 g/mol. The van der Waals surface area contributed by atoms with Gasteiger partial charge in [0, 0.05) is 17.0 Å². The largest absolute Gasteiger partial charge is 0.308 e. The third-order valence-corrected chi connectivity index (χ3v) is 3.60. The zero-order valence-electron chi connectivity index (χ0n) is 7.68. The number of nitrogens with one attached hydrogen (secondary N) is 1. The smallest absolute Gasteiger partial charge is 0.0221 e. The Bertz CT molecular complexity index is 251. The molecule has 0 amide bonds. The van der Waals surface area contributed by atoms with Crippen LogP contribution in [0, 0.1) is 0 Å². The van der Waals surface area contributed by atoms with E-state index in [1.165, 1.54) is 18.4 Å². The number of hydrogen-bond donors (Lipinski definition) is 1. The predicted molar refractivity (Wildman–Crippen MR) is 53.6 cm³/mol. The summed E-state index contributed by atoms with van der Waals surface area (Å²) in [7, 11) is 0. The van der Waals surface area contributed by atoms with Crippen LogP contribution in [0.4, 0.5) is 0 Å². The molecule has 0 aromatic carbocycles. The zero-order valence-corrected chi connectivity index (χ0v) is 8.50. The van der Waals surface area contributed by atoms with Crippen molar-refractivity contribution in [1.82, 2.24) is 5.32 Å². The lowest BCUT2D eigenvalue weighted by Gasteiger charge is -2.23. The SMILES string of the molecule is CC1(C)CCc2sccc2CN1. The van der Waals surface area contributed by atoms with Gasteiger partial charge in [-0.2, -0.15) is 0 Å². The maximum Gasteiger partial charge on any atom is 0.0221 e. The van der Waals surface area contributed by atoms with Crippen molar-refractivity contribution in [3.05, 3.63) is 21.9 Å². The maximum absolute atomic E-state index is 3.57. The quantitative estimate of drug-likeness (QED) is 0.648. The van der Waals surface area contributed by atoms with Gasteiger partial charge in [-0.25, -0.2) is 0 Å². The number of thiophene rings is 1. The Balaban J connectivity index is 2.21. The molecule has 0 saturated heterocycles. The van der Waals surface area contributed by atoms with Crippen LogP contribution in [0.2, 0.25) is 0 Å². The molecule has 1 aromatic rings. The first kappa shape index (κ1) is 8.27. The average molecular weight is 181 g/mol. The van der Waals surface area contributed by atoms with Crippen LogP contribution >= 0.6 is 11.3 Å². The van der Waals surface area contributed by atoms with Gasteiger partial charge in [-0.15, -0.1) is 11.3 Å². The third-order valence-electron chi connectivity index (χ3n) is 2.57. The van der Waals surface area contributed by atoms with Gasteiger partial charge in [0.2, 0.25) is 0 Å². The molecule has 2 heteroatoms. The van der Waals surface area contributed by atoms with Crippen molar-refractivity contribution >= 4 is 11.3 Å². The summed E-state index contributed by atoms with van der Waals surface area (Å²) in [5.41, 5.74) is 1.82. The molecule has 0 spiro atoms. The van der Waals surface area contributed by atoms with E-state index < -0.39 is 0 Å². The lowest BCUT2D eigenvalue weighted by atomic mass is 9.99. The summed E-state index contributed by atoms with van der Waals surface area (Å²) < 4.78 is 0. The highest BCUT2D eigenvalue weighted by molar-refractivity contribution is 7.10. The molecule has 0 unspecified atom stereocenters. The first-order chi connectivity index (χ1) is 5.67. The van der Waals surface area contributed by atoms with Gasteiger partial charge in [-0.1, -0.05) is 0 Å². The molecule has 1 aliphatic heterocycles. The second-order valence-corrected chi connectivity index (χ2v) is 5.11. The Morgan fingerprint density at radius 1 is 1.50 bits per heavy atom. The zero-order chi connectivity index (χ0) is 8.60. The van der Waals surface area contributed by atoms with E-state index in [2.05, 4.69) is 30.6 Å². The molecule has 1 N–H and O–H groups in total. The van der Waals surface area contributed by atoms with Crippen LogP contribution in [-0.4, -0.2) is 5.54 Å². The summed E-state index contributed by atoms with van der Waals surface area (Å²) >= 11 is 1.90. The van der Waals surface area contributed by atoms with Crippen LogP contribution < -0.4 is 5.32 Å². The first-order valence-electron chi connectivity index (χ1n) is 4.48. The number of aryl methyl sites for hydroxylation is 1. The molecule has 2 rings (SSSR count). The van der Waals surface area contributed by atoms with Crippen LogP contribution in [0.3, 0.4) is 0 Å². The van der Waals surface area contributed by atoms with Crippen molar-refractivity contribution in [3.8, 4) is 0 Å². The Kier molecular flexibility index (Phi) is 1.97. The van der Waals surface area contributed by atoms with Gasteiger partial charge in [-0.05, 0) is 43.7 Å². The highest BCUT2D eigenvalue weighted by Crippen LogP contribution is 2.25. The summed E-state index contributed by atoms with van der Waals surface area (Å²) in [5.74, 6) is 0. The van der Waals surface area contributed by atoms with Crippen LogP contribution in [0.25, 0.3) is 0 Å². The fourth-order valence-electron chi connectivity index (χ4n) is 1.59. The molecule has 1 aliphatic rings. The molecule has 0 radical (unpaired) electrons. The second kappa shape index (κ2) is 2.86. The van der Waals surface area contributed by atoms with Gasteiger partial charge in [0.1, 0.15) is 0 Å². The minimum Gasteiger partial charge on any atom is -0.308 e. The van der Waals surface area contributed by atoms with Crippen LogP contribution in [0.15, 0.2) is 11.4 Å². The second-order valence-electron chi connectivity index (χ2n) is 4.11. The van der Waals surface area contributed by atoms with E-state index in [1.54, 1.807) is 4.88 Å². The normalized spacial score (nSPS) is 21.5.